The second-order valence-corrected chi connectivity index (χ2v) is 3.95. The minimum absolute atomic E-state index is 0.271. The smallest absolute Gasteiger partial charge is 0.357 e. The Labute approximate surface area is 120 Å². The lowest BCUT2D eigenvalue weighted by Gasteiger charge is -2.11. The quantitative estimate of drug-likeness (QED) is 0.265. The summed E-state index contributed by atoms with van der Waals surface area (Å²) in [4.78, 5) is 18.8. The van der Waals surface area contributed by atoms with Crippen LogP contribution in [0.5, 0.6) is 5.75 Å². The molecule has 0 aliphatic carbocycles. The zero-order chi connectivity index (χ0) is 15.2. The van der Waals surface area contributed by atoms with E-state index in [2.05, 4.69) is 15.4 Å². The molecular formula is C13H13N5O3. The number of hydrogen-bond acceptors (Lipinski definition) is 7. The van der Waals surface area contributed by atoms with E-state index in [1.165, 1.54) is 6.20 Å². The van der Waals surface area contributed by atoms with Crippen LogP contribution in [0.3, 0.4) is 0 Å². The van der Waals surface area contributed by atoms with Gasteiger partial charge in [0.1, 0.15) is 5.75 Å². The number of nitrogens with two attached hydrogens (primary N) is 2. The number of nitrogens with zero attached hydrogens (tertiary/aromatic N) is 2. The molecule has 0 aliphatic rings. The van der Waals surface area contributed by atoms with E-state index in [0.717, 1.165) is 11.1 Å². The van der Waals surface area contributed by atoms with Crippen LogP contribution >= 0.6 is 0 Å². The summed E-state index contributed by atoms with van der Waals surface area (Å²) in [6, 6.07) is 5.31. The Kier molecular flexibility index (Phi) is 4.32. The van der Waals surface area contributed by atoms with Gasteiger partial charge in [-0.1, -0.05) is 6.07 Å². The van der Waals surface area contributed by atoms with Gasteiger partial charge in [-0.25, -0.2) is 10.6 Å². The highest BCUT2D eigenvalue weighted by Crippen LogP contribution is 2.22. The second-order valence-electron chi connectivity index (χ2n) is 3.95. The molecule has 0 bridgehead atoms. The Balaban J connectivity index is 2.30. The van der Waals surface area contributed by atoms with Gasteiger partial charge in [-0.05, 0) is 12.1 Å². The first-order chi connectivity index (χ1) is 10.1. The van der Waals surface area contributed by atoms with Gasteiger partial charge in [-0.3, -0.25) is 15.4 Å². The maximum absolute atomic E-state index is 10.8. The van der Waals surface area contributed by atoms with Gasteiger partial charge in [0.05, 0.1) is 6.20 Å². The molecule has 0 atom stereocenters. The number of carbonyl (C=O) groups is 1. The molecule has 0 aliphatic heterocycles. The van der Waals surface area contributed by atoms with Gasteiger partial charge >= 0.3 is 5.97 Å². The Morgan fingerprint density at radius 2 is 2.00 bits per heavy atom. The van der Waals surface area contributed by atoms with Crippen molar-refractivity contribution in [1.29, 1.82) is 0 Å². The Hall–Kier alpha value is -3.13. The molecule has 0 spiro atoms. The van der Waals surface area contributed by atoms with Gasteiger partial charge < -0.3 is 15.6 Å². The van der Waals surface area contributed by atoms with E-state index in [-0.39, 0.29) is 11.6 Å². The molecule has 6 N–H and O–H groups in total. The van der Waals surface area contributed by atoms with Crippen molar-refractivity contribution >= 4 is 5.97 Å². The van der Waals surface area contributed by atoms with E-state index in [1.807, 2.05) is 6.07 Å². The van der Waals surface area contributed by atoms with Crippen LogP contribution in [0.1, 0.15) is 0 Å². The summed E-state index contributed by atoms with van der Waals surface area (Å²) in [6.07, 6.45) is 6.37. The fourth-order valence-electron chi connectivity index (χ4n) is 1.54. The summed E-state index contributed by atoms with van der Waals surface area (Å²) >= 11 is 0. The lowest BCUT2D eigenvalue weighted by Crippen LogP contribution is -2.31. The van der Waals surface area contributed by atoms with Gasteiger partial charge in [-0.15, -0.1) is 0 Å². The first kappa shape index (κ1) is 14.3. The normalized spacial score (nSPS) is 11.5. The average Bonchev–Trinajstić information content (AvgIpc) is 2.53. The number of hydrazine groups is 1. The third-order valence-corrected chi connectivity index (χ3v) is 2.53. The minimum Gasteiger partial charge on any atom is -0.476 e. The van der Waals surface area contributed by atoms with Crippen LogP contribution in [-0.2, 0) is 4.79 Å². The number of nitrogens with one attached hydrogen (secondary N) is 1. The van der Waals surface area contributed by atoms with E-state index in [9.17, 15) is 4.79 Å². The molecule has 0 saturated carbocycles. The van der Waals surface area contributed by atoms with Crippen LogP contribution in [0.4, 0.5) is 0 Å². The van der Waals surface area contributed by atoms with Gasteiger partial charge in [0.2, 0.25) is 5.88 Å². The Morgan fingerprint density at radius 1 is 1.24 bits per heavy atom. The monoisotopic (exact) mass is 287 g/mol. The van der Waals surface area contributed by atoms with Crippen LogP contribution in [0, 0.1) is 0 Å². The molecule has 8 heteroatoms. The first-order valence-electron chi connectivity index (χ1n) is 5.84. The molecule has 2 heterocycles. The molecule has 108 valence electrons. The maximum Gasteiger partial charge on any atom is 0.357 e. The molecule has 0 fully saturated rings. The molecular weight excluding hydrogens is 274 g/mol. The fourth-order valence-corrected chi connectivity index (χ4v) is 1.54. The van der Waals surface area contributed by atoms with Crippen molar-refractivity contribution in [3.8, 4) is 16.9 Å². The van der Waals surface area contributed by atoms with E-state index in [1.54, 1.807) is 30.7 Å². The van der Waals surface area contributed by atoms with Crippen molar-refractivity contribution in [2.75, 3.05) is 0 Å². The molecule has 0 radical (unpaired) electrons. The van der Waals surface area contributed by atoms with Crippen LogP contribution in [0.25, 0.3) is 11.1 Å². The highest BCUT2D eigenvalue weighted by atomic mass is 16.5. The van der Waals surface area contributed by atoms with Crippen LogP contribution < -0.4 is 21.7 Å². The largest absolute Gasteiger partial charge is 0.476 e. The molecule has 0 amide bonds. The van der Waals surface area contributed by atoms with Crippen molar-refractivity contribution in [3.05, 3.63) is 54.6 Å². The molecule has 2 aromatic rings. The van der Waals surface area contributed by atoms with Crippen LogP contribution in [0.2, 0.25) is 0 Å². The highest BCUT2D eigenvalue weighted by Gasteiger charge is 2.12. The predicted octanol–water partition coefficient (Wildman–Crippen LogP) is 0.198. The first-order valence-corrected chi connectivity index (χ1v) is 5.84. The van der Waals surface area contributed by atoms with Crippen molar-refractivity contribution in [1.82, 2.24) is 15.4 Å². The number of carboxylic acids is 1. The van der Waals surface area contributed by atoms with Crippen molar-refractivity contribution < 1.29 is 14.6 Å². The van der Waals surface area contributed by atoms with E-state index in [0.29, 0.717) is 0 Å². The van der Waals surface area contributed by atoms with E-state index in [4.69, 9.17) is 21.4 Å². The maximum atomic E-state index is 10.8. The highest BCUT2D eigenvalue weighted by molar-refractivity contribution is 5.85. The third kappa shape index (κ3) is 3.45. The molecule has 8 nitrogen and oxygen atoms in total. The number of pyridine rings is 2. The van der Waals surface area contributed by atoms with Crippen LogP contribution in [0.15, 0.2) is 54.6 Å². The van der Waals surface area contributed by atoms with Gasteiger partial charge in [0.25, 0.3) is 0 Å². The number of aliphatic carboxylic acids is 1. The Morgan fingerprint density at radius 3 is 2.62 bits per heavy atom. The standard InChI is InChI=1S/C13H13N5O3/c14-11(13(19)20)12(18-15)21-10-4-9(6-17-7-10)8-2-1-3-16-5-8/h1-7,18H,14-15H2,(H,19,20)/b12-11+. The number of ether oxygens (including phenoxy) is 1. The fraction of sp³-hybridized carbons (Fsp3) is 0. The molecule has 0 unspecified atom stereocenters. The lowest BCUT2D eigenvalue weighted by molar-refractivity contribution is -0.132. The zero-order valence-electron chi connectivity index (χ0n) is 10.9. The lowest BCUT2D eigenvalue weighted by atomic mass is 10.1. The molecule has 2 rings (SSSR count). The minimum atomic E-state index is -1.35. The summed E-state index contributed by atoms with van der Waals surface area (Å²) < 4.78 is 5.30. The Bertz CT molecular complexity index is 673. The van der Waals surface area contributed by atoms with Gasteiger partial charge in [0, 0.05) is 29.7 Å². The third-order valence-electron chi connectivity index (χ3n) is 2.53. The van der Waals surface area contributed by atoms with Gasteiger partial charge in [0.15, 0.2) is 5.70 Å². The molecule has 0 aromatic carbocycles. The number of aromatic nitrogens is 2. The van der Waals surface area contributed by atoms with Gasteiger partial charge in [-0.2, -0.15) is 0 Å². The zero-order valence-corrected chi connectivity index (χ0v) is 10.9. The van der Waals surface area contributed by atoms with E-state index >= 15 is 0 Å². The SMILES string of the molecule is NN/C(Oc1cncc(-c2cccnc2)c1)=C(\N)C(=O)O. The summed E-state index contributed by atoms with van der Waals surface area (Å²) in [5, 5.41) is 8.81. The van der Waals surface area contributed by atoms with Crippen molar-refractivity contribution in [3.63, 3.8) is 0 Å². The number of carboxylic acid groups (broad SMARTS) is 1. The molecule has 0 saturated heterocycles. The average molecular weight is 287 g/mol. The molecule has 2 aromatic heterocycles. The number of hydrogen-bond donors (Lipinski definition) is 4. The molecule has 21 heavy (non-hydrogen) atoms. The van der Waals surface area contributed by atoms with E-state index < -0.39 is 11.7 Å². The number of rotatable bonds is 5. The van der Waals surface area contributed by atoms with Crippen LogP contribution in [-0.4, -0.2) is 21.0 Å². The summed E-state index contributed by atoms with van der Waals surface area (Å²) in [5.74, 6) is 3.87. The van der Waals surface area contributed by atoms with Crippen molar-refractivity contribution in [2.24, 2.45) is 11.6 Å². The summed E-state index contributed by atoms with van der Waals surface area (Å²) in [6.45, 7) is 0. The predicted molar refractivity (Wildman–Crippen MR) is 74.3 cm³/mol. The topological polar surface area (TPSA) is 136 Å². The second kappa shape index (κ2) is 6.35. The summed E-state index contributed by atoms with van der Waals surface area (Å²) in [5.41, 5.74) is 8.51. The summed E-state index contributed by atoms with van der Waals surface area (Å²) in [7, 11) is 0. The van der Waals surface area contributed by atoms with Crippen molar-refractivity contribution in [2.45, 2.75) is 0 Å².